The molecule has 2 heteroatoms. The average Bonchev–Trinajstić information content (AvgIpc) is 2.68. The highest BCUT2D eigenvalue weighted by atomic mass is 32.1. The maximum absolute atomic E-state index is 3.73. The Morgan fingerprint density at radius 3 is 2.71 bits per heavy atom. The molecule has 0 spiro atoms. The van der Waals surface area contributed by atoms with Crippen molar-refractivity contribution < 1.29 is 0 Å². The number of nitrogens with one attached hydrogen (secondary N) is 1. The van der Waals surface area contributed by atoms with Gasteiger partial charge >= 0.3 is 0 Å². The molecule has 1 aliphatic rings. The summed E-state index contributed by atoms with van der Waals surface area (Å²) in [5.74, 6) is 0.934. The molecule has 0 saturated heterocycles. The molecular weight excluding hydrogens is 226 g/mol. The van der Waals surface area contributed by atoms with Crippen LogP contribution in [0.15, 0.2) is 17.5 Å². The summed E-state index contributed by atoms with van der Waals surface area (Å²) in [6, 6.07) is 5.02. The molecule has 0 amide bonds. The second kappa shape index (κ2) is 7.17. The van der Waals surface area contributed by atoms with Crippen molar-refractivity contribution in [3.05, 3.63) is 22.4 Å². The summed E-state index contributed by atoms with van der Waals surface area (Å²) >= 11 is 1.88. The van der Waals surface area contributed by atoms with Crippen LogP contribution in [0.25, 0.3) is 0 Å². The average molecular weight is 251 g/mol. The van der Waals surface area contributed by atoms with Gasteiger partial charge in [0.1, 0.15) is 0 Å². The molecule has 2 rings (SSSR count). The zero-order chi connectivity index (χ0) is 11.9. The van der Waals surface area contributed by atoms with Crippen LogP contribution in [0.3, 0.4) is 0 Å². The Morgan fingerprint density at radius 1 is 1.29 bits per heavy atom. The Balaban J connectivity index is 1.66. The highest BCUT2D eigenvalue weighted by Gasteiger charge is 2.13. The Kier molecular flexibility index (Phi) is 5.53. The van der Waals surface area contributed by atoms with E-state index in [1.165, 1.54) is 56.4 Å². The van der Waals surface area contributed by atoms with Crippen molar-refractivity contribution >= 4 is 11.3 Å². The second-order valence-electron chi connectivity index (χ2n) is 5.45. The molecule has 1 fully saturated rings. The van der Waals surface area contributed by atoms with E-state index in [4.69, 9.17) is 0 Å². The quantitative estimate of drug-likeness (QED) is 0.772. The van der Waals surface area contributed by atoms with Crippen molar-refractivity contribution in [3.63, 3.8) is 0 Å². The zero-order valence-electron chi connectivity index (χ0n) is 11.0. The molecule has 1 nitrogen and oxygen atoms in total. The Bertz CT molecular complexity index is 286. The number of thiophene rings is 1. The van der Waals surface area contributed by atoms with Gasteiger partial charge in [0.2, 0.25) is 0 Å². The molecule has 1 aromatic heterocycles. The predicted molar refractivity (Wildman–Crippen MR) is 76.7 cm³/mol. The van der Waals surface area contributed by atoms with Gasteiger partial charge in [-0.3, -0.25) is 0 Å². The smallest absolute Gasteiger partial charge is 0.00871 e. The van der Waals surface area contributed by atoms with Gasteiger partial charge in [0.05, 0.1) is 0 Å². The van der Waals surface area contributed by atoms with E-state index in [2.05, 4.69) is 29.8 Å². The first-order valence-electron chi connectivity index (χ1n) is 7.10. The third-order valence-corrected chi connectivity index (χ3v) is 4.72. The van der Waals surface area contributed by atoms with E-state index in [0.29, 0.717) is 6.04 Å². The molecule has 1 aromatic rings. The first kappa shape index (κ1) is 13.1. The summed E-state index contributed by atoms with van der Waals surface area (Å²) in [4.78, 5) is 1.51. The van der Waals surface area contributed by atoms with E-state index in [-0.39, 0.29) is 0 Å². The maximum atomic E-state index is 3.73. The van der Waals surface area contributed by atoms with Crippen molar-refractivity contribution in [2.45, 2.75) is 57.9 Å². The molecule has 1 atom stereocenters. The van der Waals surface area contributed by atoms with Crippen LogP contribution >= 0.6 is 11.3 Å². The van der Waals surface area contributed by atoms with Gasteiger partial charge in [0.25, 0.3) is 0 Å². The fourth-order valence-corrected chi connectivity index (χ4v) is 3.57. The molecule has 1 unspecified atom stereocenters. The van der Waals surface area contributed by atoms with E-state index in [9.17, 15) is 0 Å². The van der Waals surface area contributed by atoms with Gasteiger partial charge in [-0.2, -0.15) is 0 Å². The molecule has 1 N–H and O–H groups in total. The lowest BCUT2D eigenvalue weighted by atomic mass is 10.00. The number of rotatable bonds is 5. The van der Waals surface area contributed by atoms with Crippen LogP contribution < -0.4 is 5.32 Å². The SMILES string of the molecule is CC(Cc1cccs1)NCC1CCCCCC1. The fraction of sp³-hybridized carbons (Fsp3) is 0.733. The number of hydrogen-bond donors (Lipinski definition) is 1. The van der Waals surface area contributed by atoms with Crippen LogP contribution in [0.4, 0.5) is 0 Å². The first-order chi connectivity index (χ1) is 8.34. The van der Waals surface area contributed by atoms with Crippen LogP contribution in [0.1, 0.15) is 50.3 Å². The summed E-state index contributed by atoms with van der Waals surface area (Å²) < 4.78 is 0. The normalized spacial score (nSPS) is 20.1. The van der Waals surface area contributed by atoms with Gasteiger partial charge in [-0.15, -0.1) is 11.3 Å². The van der Waals surface area contributed by atoms with E-state index in [1.807, 2.05) is 11.3 Å². The lowest BCUT2D eigenvalue weighted by Gasteiger charge is -2.19. The third-order valence-electron chi connectivity index (χ3n) is 3.82. The molecule has 1 heterocycles. The molecule has 0 radical (unpaired) electrons. The summed E-state index contributed by atoms with van der Waals surface area (Å²) in [6.45, 7) is 3.54. The minimum Gasteiger partial charge on any atom is -0.314 e. The lowest BCUT2D eigenvalue weighted by Crippen LogP contribution is -2.32. The Labute approximate surface area is 110 Å². The second-order valence-corrected chi connectivity index (χ2v) is 6.48. The van der Waals surface area contributed by atoms with Crippen LogP contribution in [-0.4, -0.2) is 12.6 Å². The van der Waals surface area contributed by atoms with E-state index < -0.39 is 0 Å². The van der Waals surface area contributed by atoms with Crippen LogP contribution in [0.5, 0.6) is 0 Å². The van der Waals surface area contributed by atoms with Gasteiger partial charge < -0.3 is 5.32 Å². The summed E-state index contributed by atoms with van der Waals surface area (Å²) in [5, 5.41) is 5.90. The molecule has 96 valence electrons. The number of hydrogen-bond acceptors (Lipinski definition) is 2. The van der Waals surface area contributed by atoms with Crippen molar-refractivity contribution in [2.24, 2.45) is 5.92 Å². The lowest BCUT2D eigenvalue weighted by molar-refractivity contribution is 0.399. The minimum atomic E-state index is 0.622. The highest BCUT2D eigenvalue weighted by molar-refractivity contribution is 7.09. The molecule has 17 heavy (non-hydrogen) atoms. The van der Waals surface area contributed by atoms with Gasteiger partial charge in [-0.25, -0.2) is 0 Å². The zero-order valence-corrected chi connectivity index (χ0v) is 11.8. The van der Waals surface area contributed by atoms with Gasteiger partial charge in [0, 0.05) is 10.9 Å². The van der Waals surface area contributed by atoms with Crippen LogP contribution in [0.2, 0.25) is 0 Å². The van der Waals surface area contributed by atoms with Crippen LogP contribution in [0, 0.1) is 5.92 Å². The molecule has 1 aliphatic carbocycles. The Hall–Kier alpha value is -0.340. The Morgan fingerprint density at radius 2 is 2.06 bits per heavy atom. The predicted octanol–water partition coefficient (Wildman–Crippen LogP) is 4.24. The summed E-state index contributed by atoms with van der Waals surface area (Å²) in [6.07, 6.45) is 9.89. The van der Waals surface area contributed by atoms with Crippen molar-refractivity contribution in [2.75, 3.05) is 6.54 Å². The molecular formula is C15H25NS. The van der Waals surface area contributed by atoms with Gasteiger partial charge in [-0.05, 0) is 50.1 Å². The molecule has 0 bridgehead atoms. The van der Waals surface area contributed by atoms with E-state index in [0.717, 1.165) is 5.92 Å². The molecule has 0 aliphatic heterocycles. The third kappa shape index (κ3) is 4.81. The van der Waals surface area contributed by atoms with Gasteiger partial charge in [0.15, 0.2) is 0 Å². The molecule has 0 aromatic carbocycles. The topological polar surface area (TPSA) is 12.0 Å². The standard InChI is InChI=1S/C15H25NS/c1-13(11-15-9-6-10-17-15)16-12-14-7-4-2-3-5-8-14/h6,9-10,13-14,16H,2-5,7-8,11-12H2,1H3. The van der Waals surface area contributed by atoms with Crippen LogP contribution in [-0.2, 0) is 6.42 Å². The molecule has 1 saturated carbocycles. The largest absolute Gasteiger partial charge is 0.314 e. The van der Waals surface area contributed by atoms with E-state index in [1.54, 1.807) is 0 Å². The maximum Gasteiger partial charge on any atom is 0.00871 e. The van der Waals surface area contributed by atoms with Crippen molar-refractivity contribution in [3.8, 4) is 0 Å². The fourth-order valence-electron chi connectivity index (χ4n) is 2.74. The summed E-state index contributed by atoms with van der Waals surface area (Å²) in [5.41, 5.74) is 0. The minimum absolute atomic E-state index is 0.622. The van der Waals surface area contributed by atoms with E-state index >= 15 is 0 Å². The first-order valence-corrected chi connectivity index (χ1v) is 7.98. The summed E-state index contributed by atoms with van der Waals surface area (Å²) in [7, 11) is 0. The van der Waals surface area contributed by atoms with Crippen molar-refractivity contribution in [1.82, 2.24) is 5.32 Å². The van der Waals surface area contributed by atoms with Gasteiger partial charge in [-0.1, -0.05) is 31.7 Å². The van der Waals surface area contributed by atoms with Crippen molar-refractivity contribution in [1.29, 1.82) is 0 Å². The highest BCUT2D eigenvalue weighted by Crippen LogP contribution is 2.22. The monoisotopic (exact) mass is 251 g/mol.